The molecule has 0 atom stereocenters. The van der Waals surface area contributed by atoms with Gasteiger partial charge in [0.1, 0.15) is 11.5 Å². The molecular weight excluding hydrogens is 474 g/mol. The number of nitrogens with one attached hydrogen (secondary N) is 3. The summed E-state index contributed by atoms with van der Waals surface area (Å²) in [4.78, 5) is 25.1. The number of thiocarbonyl (C=S) groups is 1. The van der Waals surface area contributed by atoms with Crippen molar-refractivity contribution in [3.05, 3.63) is 120 Å². The number of anilines is 1. The fraction of sp³-hybridized carbons (Fsp3) is 0.107. The third kappa shape index (κ3) is 7.04. The maximum absolute atomic E-state index is 12.8. The van der Waals surface area contributed by atoms with Gasteiger partial charge in [-0.05, 0) is 66.3 Å². The van der Waals surface area contributed by atoms with Gasteiger partial charge in [-0.1, -0.05) is 42.5 Å². The lowest BCUT2D eigenvalue weighted by Gasteiger charge is -2.13. The summed E-state index contributed by atoms with van der Waals surface area (Å²) in [7, 11) is 0. The molecule has 36 heavy (non-hydrogen) atoms. The number of para-hydroxylation sites is 1. The summed E-state index contributed by atoms with van der Waals surface area (Å²) in [5, 5.41) is 8.56. The van der Waals surface area contributed by atoms with Crippen molar-refractivity contribution in [2.75, 3.05) is 11.9 Å². The second kappa shape index (κ2) is 12.3. The molecule has 0 saturated carbocycles. The summed E-state index contributed by atoms with van der Waals surface area (Å²) in [6, 6.07) is 27.3. The summed E-state index contributed by atoms with van der Waals surface area (Å²) >= 11 is 5.30. The van der Waals surface area contributed by atoms with Crippen molar-refractivity contribution in [3.8, 4) is 5.75 Å². The van der Waals surface area contributed by atoms with Crippen LogP contribution in [0.25, 0.3) is 0 Å². The number of benzene rings is 3. The first-order valence-electron chi connectivity index (χ1n) is 11.4. The van der Waals surface area contributed by atoms with Crippen LogP contribution in [0.1, 0.15) is 32.0 Å². The summed E-state index contributed by atoms with van der Waals surface area (Å²) in [5.41, 5.74) is 2.67. The van der Waals surface area contributed by atoms with Crippen LogP contribution in [0.4, 0.5) is 5.69 Å². The maximum Gasteiger partial charge on any atom is 0.261 e. The highest BCUT2D eigenvalue weighted by molar-refractivity contribution is 7.80. The number of hydrogen-bond acceptors (Lipinski definition) is 5. The van der Waals surface area contributed by atoms with Crippen molar-refractivity contribution >= 4 is 34.8 Å². The molecular formula is C28H25N3O4S. The Labute approximate surface area is 214 Å². The van der Waals surface area contributed by atoms with Crippen LogP contribution in [0.2, 0.25) is 0 Å². The van der Waals surface area contributed by atoms with Crippen LogP contribution in [0, 0.1) is 0 Å². The number of hydrogen-bond donors (Lipinski definition) is 3. The van der Waals surface area contributed by atoms with Gasteiger partial charge in [0.05, 0.1) is 25.0 Å². The Bertz CT molecular complexity index is 1310. The zero-order chi connectivity index (χ0) is 25.2. The second-order valence-corrected chi connectivity index (χ2v) is 8.24. The van der Waals surface area contributed by atoms with Crippen molar-refractivity contribution < 1.29 is 18.7 Å². The largest absolute Gasteiger partial charge is 0.492 e. The molecule has 0 unspecified atom stereocenters. The second-order valence-electron chi connectivity index (χ2n) is 7.83. The van der Waals surface area contributed by atoms with Crippen LogP contribution in [0.3, 0.4) is 0 Å². The van der Waals surface area contributed by atoms with Crippen molar-refractivity contribution in [3.63, 3.8) is 0 Å². The van der Waals surface area contributed by atoms with Crippen LogP contribution in [0.15, 0.2) is 102 Å². The van der Waals surface area contributed by atoms with Gasteiger partial charge in [0.25, 0.3) is 11.8 Å². The van der Waals surface area contributed by atoms with Gasteiger partial charge in [0.15, 0.2) is 5.11 Å². The van der Waals surface area contributed by atoms with Crippen LogP contribution in [-0.4, -0.2) is 23.5 Å². The third-order valence-corrected chi connectivity index (χ3v) is 5.46. The van der Waals surface area contributed by atoms with Gasteiger partial charge in [-0.25, -0.2) is 0 Å². The number of carbonyl (C=O) groups excluding carboxylic acids is 2. The quantitative estimate of drug-likeness (QED) is 0.282. The lowest BCUT2D eigenvalue weighted by Crippen LogP contribution is -2.34. The Morgan fingerprint density at radius 3 is 2.33 bits per heavy atom. The number of carbonyl (C=O) groups is 2. The van der Waals surface area contributed by atoms with E-state index in [1.165, 1.54) is 0 Å². The fourth-order valence-electron chi connectivity index (χ4n) is 3.42. The summed E-state index contributed by atoms with van der Waals surface area (Å²) < 4.78 is 11.1. The van der Waals surface area contributed by atoms with E-state index in [4.69, 9.17) is 21.4 Å². The van der Waals surface area contributed by atoms with E-state index >= 15 is 0 Å². The average Bonchev–Trinajstić information content (AvgIpc) is 3.42. The van der Waals surface area contributed by atoms with Gasteiger partial charge in [-0.3, -0.25) is 14.9 Å². The number of ether oxygens (including phenoxy) is 1. The van der Waals surface area contributed by atoms with E-state index in [-0.39, 0.29) is 16.9 Å². The Morgan fingerprint density at radius 1 is 0.833 bits per heavy atom. The van der Waals surface area contributed by atoms with E-state index in [0.29, 0.717) is 41.5 Å². The van der Waals surface area contributed by atoms with Crippen molar-refractivity contribution in [1.29, 1.82) is 0 Å². The lowest BCUT2D eigenvalue weighted by atomic mass is 10.1. The van der Waals surface area contributed by atoms with E-state index in [2.05, 4.69) is 16.0 Å². The van der Waals surface area contributed by atoms with Crippen molar-refractivity contribution in [1.82, 2.24) is 10.6 Å². The predicted octanol–water partition coefficient (Wildman–Crippen LogP) is 4.96. The molecule has 7 nitrogen and oxygen atoms in total. The monoisotopic (exact) mass is 499 g/mol. The van der Waals surface area contributed by atoms with Crippen LogP contribution in [0.5, 0.6) is 5.75 Å². The number of rotatable bonds is 9. The molecule has 1 heterocycles. The van der Waals surface area contributed by atoms with Crippen molar-refractivity contribution in [2.24, 2.45) is 0 Å². The van der Waals surface area contributed by atoms with E-state index in [9.17, 15) is 9.59 Å². The van der Waals surface area contributed by atoms with Crippen LogP contribution >= 0.6 is 12.2 Å². The maximum atomic E-state index is 12.8. The van der Waals surface area contributed by atoms with Gasteiger partial charge in [-0.2, -0.15) is 0 Å². The Kier molecular flexibility index (Phi) is 8.45. The van der Waals surface area contributed by atoms with Gasteiger partial charge in [0.2, 0.25) is 0 Å². The first kappa shape index (κ1) is 24.7. The molecule has 3 aromatic carbocycles. The Hall–Kier alpha value is -4.43. The molecule has 182 valence electrons. The molecule has 0 fully saturated rings. The summed E-state index contributed by atoms with van der Waals surface area (Å²) in [6.07, 6.45) is 2.29. The molecule has 0 aliphatic rings. The van der Waals surface area contributed by atoms with E-state index in [1.807, 2.05) is 36.4 Å². The lowest BCUT2D eigenvalue weighted by molar-refractivity contribution is 0.0945. The molecule has 4 rings (SSSR count). The molecule has 8 heteroatoms. The Morgan fingerprint density at radius 2 is 1.58 bits per heavy atom. The Balaban J connectivity index is 1.28. The summed E-state index contributed by atoms with van der Waals surface area (Å²) in [6.45, 7) is 0.748. The highest BCUT2D eigenvalue weighted by atomic mass is 32.1. The minimum absolute atomic E-state index is 0.133. The number of amides is 2. The van der Waals surface area contributed by atoms with Gasteiger partial charge < -0.3 is 19.8 Å². The SMILES string of the molecule is O=C(NCc1ccco1)c1ccc(NC(=S)NC(=O)c2ccccc2OCCc2ccccc2)cc1. The highest BCUT2D eigenvalue weighted by Gasteiger charge is 2.14. The third-order valence-electron chi connectivity index (χ3n) is 5.26. The standard InChI is InChI=1S/C28H25N3O4S/c32-26(29-19-23-9-6-17-34-23)21-12-14-22(15-13-21)30-28(36)31-27(33)24-10-4-5-11-25(24)35-18-16-20-7-2-1-3-8-20/h1-15,17H,16,18-19H2,(H,29,32)(H2,30,31,33,36). The highest BCUT2D eigenvalue weighted by Crippen LogP contribution is 2.18. The molecule has 0 saturated heterocycles. The van der Waals surface area contributed by atoms with Crippen LogP contribution < -0.4 is 20.7 Å². The van der Waals surface area contributed by atoms with E-state index in [1.54, 1.807) is 60.9 Å². The zero-order valence-electron chi connectivity index (χ0n) is 19.4. The molecule has 3 N–H and O–H groups in total. The normalized spacial score (nSPS) is 10.3. The molecule has 0 bridgehead atoms. The molecule has 0 spiro atoms. The van der Waals surface area contributed by atoms with E-state index in [0.717, 1.165) is 12.0 Å². The minimum atomic E-state index is -0.378. The van der Waals surface area contributed by atoms with Crippen LogP contribution in [-0.2, 0) is 13.0 Å². The van der Waals surface area contributed by atoms with Gasteiger partial charge in [-0.15, -0.1) is 0 Å². The molecule has 1 aromatic heterocycles. The summed E-state index contributed by atoms with van der Waals surface area (Å²) in [5.74, 6) is 0.555. The van der Waals surface area contributed by atoms with Crippen molar-refractivity contribution in [2.45, 2.75) is 13.0 Å². The first-order chi connectivity index (χ1) is 17.6. The average molecular weight is 500 g/mol. The smallest absolute Gasteiger partial charge is 0.261 e. The molecule has 0 radical (unpaired) electrons. The van der Waals surface area contributed by atoms with Gasteiger partial charge >= 0.3 is 0 Å². The fourth-order valence-corrected chi connectivity index (χ4v) is 3.63. The molecule has 4 aromatic rings. The zero-order valence-corrected chi connectivity index (χ0v) is 20.2. The molecule has 0 aliphatic heterocycles. The molecule has 0 aliphatic carbocycles. The topological polar surface area (TPSA) is 92.6 Å². The van der Waals surface area contributed by atoms with Gasteiger partial charge in [0, 0.05) is 17.7 Å². The van der Waals surface area contributed by atoms with E-state index < -0.39 is 0 Å². The molecule has 2 amide bonds. The minimum Gasteiger partial charge on any atom is -0.492 e. The first-order valence-corrected chi connectivity index (χ1v) is 11.8. The predicted molar refractivity (Wildman–Crippen MR) is 142 cm³/mol. The number of furan rings is 1.